The van der Waals surface area contributed by atoms with Gasteiger partial charge >= 0.3 is 12.3 Å². The van der Waals surface area contributed by atoms with Gasteiger partial charge in [0.05, 0.1) is 0 Å². The third kappa shape index (κ3) is 2.75. The van der Waals surface area contributed by atoms with E-state index < -0.39 is 18.5 Å². The van der Waals surface area contributed by atoms with Crippen LogP contribution in [0.3, 0.4) is 0 Å². The zero-order chi connectivity index (χ0) is 8.97. The molecule has 1 unspecified atom stereocenters. The summed E-state index contributed by atoms with van der Waals surface area (Å²) in [6.07, 6.45) is -1.64. The van der Waals surface area contributed by atoms with Gasteiger partial charge in [-0.15, -0.1) is 0 Å². The third-order valence-electron chi connectivity index (χ3n) is 1.42. The van der Waals surface area contributed by atoms with Crippen LogP contribution < -0.4 is 5.32 Å². The number of nitrogens with one attached hydrogen (secondary N) is 1. The van der Waals surface area contributed by atoms with Crippen molar-refractivity contribution in [1.29, 1.82) is 0 Å². The molecule has 1 aliphatic heterocycles. The molecule has 1 fully saturated rings. The minimum absolute atomic E-state index is 0.406. The van der Waals surface area contributed by atoms with Gasteiger partial charge in [-0.05, 0) is 19.4 Å². The van der Waals surface area contributed by atoms with Gasteiger partial charge < -0.3 is 14.6 Å². The van der Waals surface area contributed by atoms with Crippen molar-refractivity contribution in [2.24, 2.45) is 0 Å². The van der Waals surface area contributed by atoms with Crippen LogP contribution in [0.5, 0.6) is 0 Å². The first-order chi connectivity index (χ1) is 5.68. The molecule has 0 aromatic carbocycles. The Labute approximate surface area is 68.5 Å². The summed E-state index contributed by atoms with van der Waals surface area (Å²) in [5.41, 5.74) is 0. The highest BCUT2D eigenvalue weighted by Gasteiger charge is 2.20. The molecule has 12 heavy (non-hydrogen) atoms. The van der Waals surface area contributed by atoms with Gasteiger partial charge in [-0.25, -0.2) is 9.59 Å². The quantitative estimate of drug-likeness (QED) is 0.446. The fourth-order valence-corrected chi connectivity index (χ4v) is 0.965. The number of hydrogen-bond donors (Lipinski definition) is 2. The number of carbonyl (C=O) groups excluding carboxylic acids is 1. The molecule has 2 N–H and O–H groups in total. The molecule has 1 atom stereocenters. The number of ether oxygens (including phenoxy) is 2. The Kier molecular flexibility index (Phi) is 2.87. The Morgan fingerprint density at radius 3 is 2.75 bits per heavy atom. The number of carbonyl (C=O) groups is 2. The summed E-state index contributed by atoms with van der Waals surface area (Å²) in [4.78, 5) is 20.4. The summed E-state index contributed by atoms with van der Waals surface area (Å²) >= 11 is 0. The molecule has 1 saturated heterocycles. The topological polar surface area (TPSA) is 84.9 Å². The van der Waals surface area contributed by atoms with Gasteiger partial charge in [0, 0.05) is 0 Å². The molecule has 6 nitrogen and oxygen atoms in total. The largest absolute Gasteiger partial charge is 0.520 e. The Hall–Kier alpha value is -1.30. The molecule has 0 bridgehead atoms. The second-order valence-electron chi connectivity index (χ2n) is 2.32. The van der Waals surface area contributed by atoms with Crippen LogP contribution in [0.2, 0.25) is 0 Å². The zero-order valence-electron chi connectivity index (χ0n) is 6.28. The second kappa shape index (κ2) is 3.91. The maximum Gasteiger partial charge on any atom is 0.520 e. The van der Waals surface area contributed by atoms with Crippen LogP contribution in [-0.4, -0.2) is 30.2 Å². The van der Waals surface area contributed by atoms with Crippen LogP contribution in [0.1, 0.15) is 12.8 Å². The van der Waals surface area contributed by atoms with Crippen molar-refractivity contribution in [3.05, 3.63) is 0 Å². The first kappa shape index (κ1) is 8.79. The number of rotatable bonds is 1. The summed E-state index contributed by atoms with van der Waals surface area (Å²) in [6.45, 7) is 0.769. The number of hydrogen-bond acceptors (Lipinski definition) is 5. The molecule has 68 valence electrons. The van der Waals surface area contributed by atoms with Gasteiger partial charge in [-0.3, -0.25) is 5.32 Å². The highest BCUT2D eigenvalue weighted by molar-refractivity contribution is 5.75. The van der Waals surface area contributed by atoms with Crippen molar-refractivity contribution in [2.75, 3.05) is 6.54 Å². The van der Waals surface area contributed by atoms with E-state index in [4.69, 9.17) is 5.11 Å². The lowest BCUT2D eigenvalue weighted by Crippen LogP contribution is -2.28. The smallest absolute Gasteiger partial charge is 0.449 e. The SMILES string of the molecule is O=C(O)OC(=O)OC1CCCN1. The third-order valence-corrected chi connectivity index (χ3v) is 1.42. The predicted molar refractivity (Wildman–Crippen MR) is 36.6 cm³/mol. The molecule has 6 heteroatoms. The van der Waals surface area contributed by atoms with E-state index >= 15 is 0 Å². The second-order valence-corrected chi connectivity index (χ2v) is 2.32. The van der Waals surface area contributed by atoms with E-state index in [-0.39, 0.29) is 0 Å². The van der Waals surface area contributed by atoms with E-state index in [1.54, 1.807) is 0 Å². The highest BCUT2D eigenvalue weighted by atomic mass is 16.8. The molecular formula is C6H9NO5. The van der Waals surface area contributed by atoms with Crippen molar-refractivity contribution < 1.29 is 24.2 Å². The van der Waals surface area contributed by atoms with Gasteiger partial charge in [0.25, 0.3) is 0 Å². The molecule has 1 aliphatic rings. The minimum atomic E-state index is -1.65. The van der Waals surface area contributed by atoms with Gasteiger partial charge in [0.2, 0.25) is 0 Å². The lowest BCUT2D eigenvalue weighted by molar-refractivity contribution is 0.0239. The monoisotopic (exact) mass is 175 g/mol. The molecule has 1 heterocycles. The fraction of sp³-hybridized carbons (Fsp3) is 0.667. The van der Waals surface area contributed by atoms with Crippen LogP contribution in [0.25, 0.3) is 0 Å². The van der Waals surface area contributed by atoms with Crippen LogP contribution in [0, 0.1) is 0 Å². The summed E-state index contributed by atoms with van der Waals surface area (Å²) in [7, 11) is 0. The highest BCUT2D eigenvalue weighted by Crippen LogP contribution is 2.06. The lowest BCUT2D eigenvalue weighted by Gasteiger charge is -2.09. The Morgan fingerprint density at radius 2 is 2.25 bits per heavy atom. The van der Waals surface area contributed by atoms with E-state index in [2.05, 4.69) is 14.8 Å². The molecular weight excluding hydrogens is 166 g/mol. The minimum Gasteiger partial charge on any atom is -0.449 e. The maximum absolute atomic E-state index is 10.5. The van der Waals surface area contributed by atoms with E-state index in [0.29, 0.717) is 6.42 Å². The Morgan fingerprint density at radius 1 is 1.50 bits per heavy atom. The average molecular weight is 175 g/mol. The maximum atomic E-state index is 10.5. The fourth-order valence-electron chi connectivity index (χ4n) is 0.965. The van der Waals surface area contributed by atoms with Crippen LogP contribution in [0.15, 0.2) is 0 Å². The first-order valence-electron chi connectivity index (χ1n) is 3.53. The summed E-state index contributed by atoms with van der Waals surface area (Å²) in [5.74, 6) is 0. The standard InChI is InChI=1S/C6H9NO5/c8-5(9)12-6(10)11-4-2-1-3-7-4/h4,7H,1-3H2,(H,8,9). The van der Waals surface area contributed by atoms with E-state index in [1.165, 1.54) is 0 Å². The first-order valence-corrected chi connectivity index (χ1v) is 3.53. The van der Waals surface area contributed by atoms with Gasteiger partial charge in [0.15, 0.2) is 6.23 Å². The van der Waals surface area contributed by atoms with Gasteiger partial charge in [-0.1, -0.05) is 0 Å². The van der Waals surface area contributed by atoms with Crippen LogP contribution in [0.4, 0.5) is 9.59 Å². The molecule has 0 aliphatic carbocycles. The summed E-state index contributed by atoms with van der Waals surface area (Å²) in [6, 6.07) is 0. The van der Waals surface area contributed by atoms with Crippen LogP contribution in [-0.2, 0) is 9.47 Å². The molecule has 0 aromatic heterocycles. The Bertz CT molecular complexity index is 186. The molecule has 0 spiro atoms. The van der Waals surface area contributed by atoms with Gasteiger partial charge in [0.1, 0.15) is 0 Å². The van der Waals surface area contributed by atoms with E-state index in [9.17, 15) is 9.59 Å². The van der Waals surface area contributed by atoms with Crippen molar-refractivity contribution in [1.82, 2.24) is 5.32 Å². The van der Waals surface area contributed by atoms with E-state index in [0.717, 1.165) is 13.0 Å². The van der Waals surface area contributed by atoms with Gasteiger partial charge in [-0.2, -0.15) is 0 Å². The molecule has 0 aromatic rings. The lowest BCUT2D eigenvalue weighted by atomic mass is 10.4. The van der Waals surface area contributed by atoms with Crippen molar-refractivity contribution >= 4 is 12.3 Å². The molecule has 0 amide bonds. The summed E-state index contributed by atoms with van der Waals surface area (Å²) in [5, 5.41) is 10.9. The van der Waals surface area contributed by atoms with Crippen molar-refractivity contribution in [3.63, 3.8) is 0 Å². The zero-order valence-corrected chi connectivity index (χ0v) is 6.28. The molecule has 0 saturated carbocycles. The van der Waals surface area contributed by atoms with Crippen molar-refractivity contribution in [3.8, 4) is 0 Å². The van der Waals surface area contributed by atoms with Crippen molar-refractivity contribution in [2.45, 2.75) is 19.1 Å². The Balaban J connectivity index is 2.20. The number of carboxylic acid groups (broad SMARTS) is 1. The predicted octanol–water partition coefficient (Wildman–Crippen LogP) is 0.527. The summed E-state index contributed by atoms with van der Waals surface area (Å²) < 4.78 is 8.30. The average Bonchev–Trinajstić information content (AvgIpc) is 2.37. The molecule has 1 rings (SSSR count). The van der Waals surface area contributed by atoms with Crippen LogP contribution >= 0.6 is 0 Å². The molecule has 0 radical (unpaired) electrons. The normalized spacial score (nSPS) is 21.8. The van der Waals surface area contributed by atoms with E-state index in [1.807, 2.05) is 0 Å².